The molecule has 1 atom stereocenters. The fourth-order valence-corrected chi connectivity index (χ4v) is 1.48. The Morgan fingerprint density at radius 2 is 1.62 bits per heavy atom. The summed E-state index contributed by atoms with van der Waals surface area (Å²) in [6, 6.07) is -0.643. The van der Waals surface area contributed by atoms with Crippen LogP contribution in [-0.2, 0) is 9.59 Å². The number of hydrogen-bond acceptors (Lipinski definition) is 4. The molecule has 5 nitrogen and oxygen atoms in total. The fraction of sp³-hybridized carbons (Fsp3) is 0.818. The molecule has 0 amide bonds. The molecule has 0 aromatic carbocycles. The molecule has 92 valence electrons. The Labute approximate surface area is 95.4 Å². The van der Waals surface area contributed by atoms with Crippen LogP contribution in [0.3, 0.4) is 0 Å². The molecule has 0 radical (unpaired) electrons. The van der Waals surface area contributed by atoms with Crippen LogP contribution in [0, 0.1) is 10.1 Å². The van der Waals surface area contributed by atoms with Crippen molar-refractivity contribution >= 4 is 11.6 Å². The van der Waals surface area contributed by atoms with Gasteiger partial charge >= 0.3 is 0 Å². The van der Waals surface area contributed by atoms with Crippen molar-refractivity contribution in [3.05, 3.63) is 10.1 Å². The molecule has 0 heterocycles. The van der Waals surface area contributed by atoms with Gasteiger partial charge < -0.3 is 9.59 Å². The number of hydrogen-bond donors (Lipinski definition) is 0. The minimum absolute atomic E-state index is 0.0180. The summed E-state index contributed by atoms with van der Waals surface area (Å²) in [5.41, 5.74) is 0. The number of nitrogens with zero attached hydrogens (tertiary/aromatic N) is 1. The van der Waals surface area contributed by atoms with E-state index in [1.54, 1.807) is 0 Å². The zero-order valence-corrected chi connectivity index (χ0v) is 9.90. The summed E-state index contributed by atoms with van der Waals surface area (Å²) in [6.07, 6.45) is 2.87. The van der Waals surface area contributed by atoms with Crippen LogP contribution in [0.25, 0.3) is 0 Å². The third-order valence-electron chi connectivity index (χ3n) is 2.44. The molecule has 5 heteroatoms. The van der Waals surface area contributed by atoms with E-state index in [0.29, 0.717) is 32.1 Å². The van der Waals surface area contributed by atoms with E-state index in [2.05, 4.69) is 0 Å². The van der Waals surface area contributed by atoms with E-state index in [4.69, 9.17) is 0 Å². The Bertz CT molecular complexity index is 263. The first-order valence-corrected chi connectivity index (χ1v) is 5.56. The third kappa shape index (κ3) is 8.08. The average Bonchev–Trinajstić information content (AvgIpc) is 2.15. The van der Waals surface area contributed by atoms with Gasteiger partial charge in [-0.3, -0.25) is 10.1 Å². The summed E-state index contributed by atoms with van der Waals surface area (Å²) >= 11 is 0. The van der Waals surface area contributed by atoms with Gasteiger partial charge in [-0.05, 0) is 26.7 Å². The standard InChI is InChI=1S/C11H19NO4/c1-9(13)5-3-4-6-11(12(15)16)8-7-10(2)14/h11H,3-8H2,1-2H3/t11-/m1/s1. The van der Waals surface area contributed by atoms with Crippen LogP contribution in [-0.4, -0.2) is 22.5 Å². The highest BCUT2D eigenvalue weighted by Gasteiger charge is 2.19. The molecule has 0 rings (SSSR count). The molecule has 0 aromatic heterocycles. The molecular weight excluding hydrogens is 210 g/mol. The zero-order chi connectivity index (χ0) is 12.6. The number of carbonyl (C=O) groups is 2. The average molecular weight is 229 g/mol. The number of unbranched alkanes of at least 4 members (excludes halogenated alkanes) is 1. The van der Waals surface area contributed by atoms with E-state index >= 15 is 0 Å². The van der Waals surface area contributed by atoms with E-state index < -0.39 is 6.04 Å². The summed E-state index contributed by atoms with van der Waals surface area (Å²) in [5.74, 6) is 0.0944. The van der Waals surface area contributed by atoms with Gasteiger partial charge in [0.25, 0.3) is 0 Å². The van der Waals surface area contributed by atoms with Crippen LogP contribution in [0.4, 0.5) is 0 Å². The molecule has 0 N–H and O–H groups in total. The van der Waals surface area contributed by atoms with Gasteiger partial charge in [-0.25, -0.2) is 0 Å². The number of ketones is 2. The van der Waals surface area contributed by atoms with Crippen LogP contribution in [0.5, 0.6) is 0 Å². The first-order valence-electron chi connectivity index (χ1n) is 5.56. The van der Waals surface area contributed by atoms with E-state index in [-0.39, 0.29) is 22.9 Å². The van der Waals surface area contributed by atoms with Crippen molar-refractivity contribution < 1.29 is 14.5 Å². The molecule has 0 aliphatic rings. The van der Waals surface area contributed by atoms with Gasteiger partial charge in [0.1, 0.15) is 11.6 Å². The first-order chi connectivity index (χ1) is 7.43. The molecule has 0 unspecified atom stereocenters. The lowest BCUT2D eigenvalue weighted by Gasteiger charge is -2.07. The van der Waals surface area contributed by atoms with E-state index in [1.165, 1.54) is 13.8 Å². The summed E-state index contributed by atoms with van der Waals surface area (Å²) in [6.45, 7) is 2.95. The van der Waals surface area contributed by atoms with Crippen molar-refractivity contribution in [1.82, 2.24) is 0 Å². The normalized spacial score (nSPS) is 12.1. The van der Waals surface area contributed by atoms with Gasteiger partial charge in [-0.15, -0.1) is 0 Å². The van der Waals surface area contributed by atoms with Crippen LogP contribution in [0.1, 0.15) is 52.4 Å². The predicted octanol–water partition coefficient (Wildman–Crippen LogP) is 2.15. The van der Waals surface area contributed by atoms with Crippen molar-refractivity contribution in [2.24, 2.45) is 0 Å². The fourth-order valence-electron chi connectivity index (χ4n) is 1.48. The number of nitro groups is 1. The summed E-state index contributed by atoms with van der Waals surface area (Å²) < 4.78 is 0. The lowest BCUT2D eigenvalue weighted by atomic mass is 10.0. The molecule has 0 saturated carbocycles. The number of rotatable bonds is 9. The van der Waals surface area contributed by atoms with Gasteiger partial charge in [0.15, 0.2) is 0 Å². The van der Waals surface area contributed by atoms with E-state index in [9.17, 15) is 19.7 Å². The smallest absolute Gasteiger partial charge is 0.213 e. The highest BCUT2D eigenvalue weighted by atomic mass is 16.6. The van der Waals surface area contributed by atoms with E-state index in [1.807, 2.05) is 0 Å². The van der Waals surface area contributed by atoms with Gasteiger partial charge in [0.05, 0.1) is 0 Å². The summed E-state index contributed by atoms with van der Waals surface area (Å²) in [5, 5.41) is 10.7. The van der Waals surface area contributed by atoms with Crippen LogP contribution >= 0.6 is 0 Å². The van der Waals surface area contributed by atoms with Crippen LogP contribution in [0.15, 0.2) is 0 Å². The maximum atomic E-state index is 10.7. The largest absolute Gasteiger partial charge is 0.300 e. The highest BCUT2D eigenvalue weighted by molar-refractivity contribution is 5.75. The highest BCUT2D eigenvalue weighted by Crippen LogP contribution is 2.12. The second-order valence-electron chi connectivity index (χ2n) is 4.13. The Balaban J connectivity index is 3.81. The maximum Gasteiger partial charge on any atom is 0.213 e. The molecule has 16 heavy (non-hydrogen) atoms. The second-order valence-corrected chi connectivity index (χ2v) is 4.13. The monoisotopic (exact) mass is 229 g/mol. The molecule has 0 spiro atoms. The lowest BCUT2D eigenvalue weighted by molar-refractivity contribution is -0.524. The Morgan fingerprint density at radius 3 is 2.06 bits per heavy atom. The quantitative estimate of drug-likeness (QED) is 0.345. The van der Waals surface area contributed by atoms with Crippen molar-refractivity contribution in [2.45, 2.75) is 58.4 Å². The minimum Gasteiger partial charge on any atom is -0.300 e. The molecule has 0 bridgehead atoms. The molecule has 0 aliphatic heterocycles. The number of carbonyl (C=O) groups excluding carboxylic acids is 2. The summed E-state index contributed by atoms with van der Waals surface area (Å²) in [7, 11) is 0. The van der Waals surface area contributed by atoms with Crippen molar-refractivity contribution in [1.29, 1.82) is 0 Å². The Morgan fingerprint density at radius 1 is 1.06 bits per heavy atom. The van der Waals surface area contributed by atoms with Crippen molar-refractivity contribution in [2.75, 3.05) is 0 Å². The molecular formula is C11H19NO4. The molecule has 0 aliphatic carbocycles. The van der Waals surface area contributed by atoms with E-state index in [0.717, 1.165) is 0 Å². The Hall–Kier alpha value is -1.26. The molecule has 0 fully saturated rings. The van der Waals surface area contributed by atoms with Crippen molar-refractivity contribution in [3.63, 3.8) is 0 Å². The zero-order valence-electron chi connectivity index (χ0n) is 9.90. The van der Waals surface area contributed by atoms with Crippen molar-refractivity contribution in [3.8, 4) is 0 Å². The van der Waals surface area contributed by atoms with Crippen LogP contribution < -0.4 is 0 Å². The van der Waals surface area contributed by atoms with Crippen LogP contribution in [0.2, 0.25) is 0 Å². The Kier molecular flexibility index (Phi) is 7.33. The van der Waals surface area contributed by atoms with Gasteiger partial charge in [0.2, 0.25) is 6.04 Å². The predicted molar refractivity (Wildman–Crippen MR) is 59.8 cm³/mol. The first kappa shape index (κ1) is 14.7. The third-order valence-corrected chi connectivity index (χ3v) is 2.44. The minimum atomic E-state index is -0.643. The van der Waals surface area contributed by atoms with Gasteiger partial charge in [-0.1, -0.05) is 0 Å². The number of Topliss-reactive ketones (excluding diaryl/α,β-unsaturated/α-hetero) is 2. The van der Waals surface area contributed by atoms with Gasteiger partial charge in [0, 0.05) is 30.6 Å². The topological polar surface area (TPSA) is 77.3 Å². The maximum absolute atomic E-state index is 10.7. The molecule has 0 aromatic rings. The lowest BCUT2D eigenvalue weighted by Crippen LogP contribution is -2.20. The molecule has 0 saturated heterocycles. The van der Waals surface area contributed by atoms with Gasteiger partial charge in [-0.2, -0.15) is 0 Å². The second kappa shape index (κ2) is 7.96. The SMILES string of the molecule is CC(=O)CCCC[C@H](CCC(C)=O)[N+](=O)[O-]. The summed E-state index contributed by atoms with van der Waals surface area (Å²) in [4.78, 5) is 31.7.